The largest absolute Gasteiger partial charge is 0.314 e. The summed E-state index contributed by atoms with van der Waals surface area (Å²) in [5.41, 5.74) is 0. The van der Waals surface area contributed by atoms with Crippen molar-refractivity contribution < 1.29 is 0 Å². The Morgan fingerprint density at radius 2 is 2.05 bits per heavy atom. The minimum absolute atomic E-state index is 0.752. The van der Waals surface area contributed by atoms with Crippen LogP contribution >= 0.6 is 11.3 Å². The molecule has 2 aliphatic rings. The molecule has 2 saturated carbocycles. The van der Waals surface area contributed by atoms with Gasteiger partial charge in [0.25, 0.3) is 0 Å². The molecule has 2 atom stereocenters. The Labute approximate surface area is 133 Å². The second kappa shape index (κ2) is 7.75. The molecular weight excluding hydrogens is 276 g/mol. The molecule has 1 N–H and O–H groups in total. The van der Waals surface area contributed by atoms with E-state index in [4.69, 9.17) is 0 Å². The zero-order chi connectivity index (χ0) is 14.5. The Balaban J connectivity index is 1.62. The summed E-state index contributed by atoms with van der Waals surface area (Å²) in [7, 11) is 0. The van der Waals surface area contributed by atoms with Crippen molar-refractivity contribution in [3.05, 3.63) is 22.4 Å². The second-order valence-corrected chi connectivity index (χ2v) is 7.83. The molecule has 0 aromatic carbocycles. The normalized spacial score (nSPS) is 27.0. The Morgan fingerprint density at radius 3 is 2.76 bits per heavy atom. The summed E-state index contributed by atoms with van der Waals surface area (Å²) in [6.45, 7) is 5.86. The standard InChI is InChI=1S/C18H30N2S/c1-2-19-18-9-5-3-4-7-15(18)13-20(16-10-11-16)14-17-8-6-12-21-17/h6,8,12,15-16,18-19H,2-5,7,9-11,13-14H2,1H3. The summed E-state index contributed by atoms with van der Waals surface area (Å²) >= 11 is 1.92. The summed E-state index contributed by atoms with van der Waals surface area (Å²) in [5.74, 6) is 0.855. The molecule has 0 saturated heterocycles. The Hall–Kier alpha value is -0.380. The van der Waals surface area contributed by atoms with E-state index in [0.717, 1.165) is 24.5 Å². The van der Waals surface area contributed by atoms with E-state index >= 15 is 0 Å². The fraction of sp³-hybridized carbons (Fsp3) is 0.778. The molecule has 2 fully saturated rings. The highest BCUT2D eigenvalue weighted by molar-refractivity contribution is 7.09. The summed E-state index contributed by atoms with van der Waals surface area (Å²) in [4.78, 5) is 4.32. The highest BCUT2D eigenvalue weighted by Gasteiger charge is 2.33. The molecule has 1 aromatic rings. The maximum Gasteiger partial charge on any atom is 0.0330 e. The van der Waals surface area contributed by atoms with Gasteiger partial charge >= 0.3 is 0 Å². The monoisotopic (exact) mass is 306 g/mol. The van der Waals surface area contributed by atoms with E-state index in [0.29, 0.717) is 0 Å². The Morgan fingerprint density at radius 1 is 1.19 bits per heavy atom. The predicted octanol–water partition coefficient (Wildman–Crippen LogP) is 4.27. The molecule has 118 valence electrons. The first-order chi connectivity index (χ1) is 10.4. The highest BCUT2D eigenvalue weighted by atomic mass is 32.1. The van der Waals surface area contributed by atoms with Crippen LogP contribution < -0.4 is 5.32 Å². The van der Waals surface area contributed by atoms with Crippen molar-refractivity contribution in [2.24, 2.45) is 5.92 Å². The fourth-order valence-corrected chi connectivity index (χ4v) is 4.55. The zero-order valence-corrected chi connectivity index (χ0v) is 14.2. The van der Waals surface area contributed by atoms with Crippen molar-refractivity contribution in [3.63, 3.8) is 0 Å². The molecular formula is C18H30N2S. The van der Waals surface area contributed by atoms with E-state index in [9.17, 15) is 0 Å². The molecule has 3 rings (SSSR count). The van der Waals surface area contributed by atoms with Gasteiger partial charge in [0, 0.05) is 30.1 Å². The number of rotatable bonds is 7. The average molecular weight is 307 g/mol. The summed E-state index contributed by atoms with van der Waals surface area (Å²) in [6.07, 6.45) is 9.94. The van der Waals surface area contributed by atoms with Gasteiger partial charge < -0.3 is 5.32 Å². The minimum atomic E-state index is 0.752. The topological polar surface area (TPSA) is 15.3 Å². The Bertz CT molecular complexity index is 399. The molecule has 3 heteroatoms. The Kier molecular flexibility index (Phi) is 5.73. The lowest BCUT2D eigenvalue weighted by molar-refractivity contribution is 0.181. The predicted molar refractivity (Wildman–Crippen MR) is 91.8 cm³/mol. The van der Waals surface area contributed by atoms with E-state index in [1.807, 2.05) is 11.3 Å². The van der Waals surface area contributed by atoms with Crippen LogP contribution in [-0.2, 0) is 6.54 Å². The summed E-state index contributed by atoms with van der Waals surface area (Å²) in [6, 6.07) is 6.12. The van der Waals surface area contributed by atoms with Crippen LogP contribution in [0.2, 0.25) is 0 Å². The molecule has 0 radical (unpaired) electrons. The van der Waals surface area contributed by atoms with E-state index in [1.165, 1.54) is 62.9 Å². The zero-order valence-electron chi connectivity index (χ0n) is 13.4. The van der Waals surface area contributed by atoms with Crippen molar-refractivity contribution >= 4 is 11.3 Å². The third-order valence-electron chi connectivity index (χ3n) is 5.10. The molecule has 2 nitrogen and oxygen atoms in total. The number of hydrogen-bond donors (Lipinski definition) is 1. The molecule has 0 spiro atoms. The van der Waals surface area contributed by atoms with Crippen LogP contribution in [0.5, 0.6) is 0 Å². The van der Waals surface area contributed by atoms with Crippen LogP contribution in [0.3, 0.4) is 0 Å². The van der Waals surface area contributed by atoms with E-state index in [1.54, 1.807) is 0 Å². The van der Waals surface area contributed by atoms with Gasteiger partial charge in [0.2, 0.25) is 0 Å². The average Bonchev–Trinajstić information content (AvgIpc) is 3.24. The van der Waals surface area contributed by atoms with Crippen LogP contribution in [0.4, 0.5) is 0 Å². The van der Waals surface area contributed by atoms with E-state index in [-0.39, 0.29) is 0 Å². The molecule has 0 amide bonds. The lowest BCUT2D eigenvalue weighted by atomic mass is 9.94. The molecule has 1 heterocycles. The van der Waals surface area contributed by atoms with E-state index < -0.39 is 0 Å². The van der Waals surface area contributed by atoms with Gasteiger partial charge in [-0.15, -0.1) is 11.3 Å². The molecule has 21 heavy (non-hydrogen) atoms. The quantitative estimate of drug-likeness (QED) is 0.757. The van der Waals surface area contributed by atoms with Crippen LogP contribution in [0.15, 0.2) is 17.5 Å². The lowest BCUT2D eigenvalue weighted by Crippen LogP contribution is -2.42. The highest BCUT2D eigenvalue weighted by Crippen LogP contribution is 2.32. The lowest BCUT2D eigenvalue weighted by Gasteiger charge is -2.32. The third kappa shape index (κ3) is 4.54. The number of nitrogens with zero attached hydrogens (tertiary/aromatic N) is 1. The SMILES string of the molecule is CCNC1CCCCCC1CN(Cc1cccs1)C1CC1. The van der Waals surface area contributed by atoms with Gasteiger partial charge in [0.05, 0.1) is 0 Å². The maximum absolute atomic E-state index is 3.77. The molecule has 2 aliphatic carbocycles. The maximum atomic E-state index is 3.77. The second-order valence-electron chi connectivity index (χ2n) is 6.80. The number of hydrogen-bond acceptors (Lipinski definition) is 3. The molecule has 2 unspecified atom stereocenters. The van der Waals surface area contributed by atoms with Crippen LogP contribution in [0.25, 0.3) is 0 Å². The van der Waals surface area contributed by atoms with Crippen LogP contribution in [-0.4, -0.2) is 30.1 Å². The molecule has 0 bridgehead atoms. The van der Waals surface area contributed by atoms with Gasteiger partial charge in [-0.1, -0.05) is 32.3 Å². The van der Waals surface area contributed by atoms with Gasteiger partial charge in [-0.2, -0.15) is 0 Å². The van der Waals surface area contributed by atoms with Gasteiger partial charge in [-0.05, 0) is 49.6 Å². The van der Waals surface area contributed by atoms with Crippen LogP contribution in [0.1, 0.15) is 56.7 Å². The summed E-state index contributed by atoms with van der Waals surface area (Å²) < 4.78 is 0. The van der Waals surface area contributed by atoms with E-state index in [2.05, 4.69) is 34.7 Å². The first-order valence-electron chi connectivity index (χ1n) is 8.86. The van der Waals surface area contributed by atoms with Crippen molar-refractivity contribution in [2.75, 3.05) is 13.1 Å². The minimum Gasteiger partial charge on any atom is -0.314 e. The first kappa shape index (κ1) is 15.5. The van der Waals surface area contributed by atoms with Gasteiger partial charge in [0.1, 0.15) is 0 Å². The molecule has 0 aliphatic heterocycles. The number of nitrogens with one attached hydrogen (secondary N) is 1. The van der Waals surface area contributed by atoms with Crippen LogP contribution in [0, 0.1) is 5.92 Å². The third-order valence-corrected chi connectivity index (χ3v) is 5.96. The molecule has 1 aromatic heterocycles. The van der Waals surface area contributed by atoms with Crippen molar-refractivity contribution in [1.82, 2.24) is 10.2 Å². The van der Waals surface area contributed by atoms with Crippen molar-refractivity contribution in [1.29, 1.82) is 0 Å². The smallest absolute Gasteiger partial charge is 0.0330 e. The first-order valence-corrected chi connectivity index (χ1v) is 9.74. The van der Waals surface area contributed by atoms with Gasteiger partial charge in [-0.3, -0.25) is 4.90 Å². The number of thiophene rings is 1. The fourth-order valence-electron chi connectivity index (χ4n) is 3.82. The van der Waals surface area contributed by atoms with Gasteiger partial charge in [-0.25, -0.2) is 0 Å². The van der Waals surface area contributed by atoms with Crippen molar-refractivity contribution in [2.45, 2.75) is 70.5 Å². The van der Waals surface area contributed by atoms with Crippen molar-refractivity contribution in [3.8, 4) is 0 Å². The summed E-state index contributed by atoms with van der Waals surface area (Å²) in [5, 5.41) is 5.99. The van der Waals surface area contributed by atoms with Gasteiger partial charge in [0.15, 0.2) is 0 Å².